The molecule has 3 rings (SSSR count). The zero-order valence-electron chi connectivity index (χ0n) is 14.4. The lowest BCUT2D eigenvalue weighted by Crippen LogP contribution is -2.37. The van der Waals surface area contributed by atoms with Gasteiger partial charge in [-0.1, -0.05) is 48.5 Å². The Morgan fingerprint density at radius 1 is 1.29 bits per heavy atom. The average molecular weight is 322 g/mol. The maximum atomic E-state index is 12.5. The minimum atomic E-state index is 0.107. The SMILES string of the molecule is C=CCNCC[C@H]1CCC(=O)N1[C@@H](C)c1cccc2ccccc12. The minimum Gasteiger partial charge on any atom is -0.333 e. The Kier molecular flexibility index (Phi) is 5.31. The van der Waals surface area contributed by atoms with E-state index in [4.69, 9.17) is 0 Å². The molecule has 24 heavy (non-hydrogen) atoms. The average Bonchev–Trinajstić information content (AvgIpc) is 2.98. The second-order valence-corrected chi connectivity index (χ2v) is 6.52. The van der Waals surface area contributed by atoms with Crippen LogP contribution in [0.1, 0.15) is 37.8 Å². The van der Waals surface area contributed by atoms with Crippen LogP contribution in [0.3, 0.4) is 0 Å². The van der Waals surface area contributed by atoms with E-state index in [1.807, 2.05) is 6.08 Å². The number of amides is 1. The Labute approximate surface area is 144 Å². The van der Waals surface area contributed by atoms with Crippen molar-refractivity contribution >= 4 is 16.7 Å². The van der Waals surface area contributed by atoms with Crippen LogP contribution in [-0.2, 0) is 4.79 Å². The van der Waals surface area contributed by atoms with Crippen LogP contribution < -0.4 is 5.32 Å². The summed E-state index contributed by atoms with van der Waals surface area (Å²) in [6.45, 7) is 7.63. The molecule has 2 aromatic rings. The Bertz CT molecular complexity index is 719. The molecule has 1 aliphatic heterocycles. The Balaban J connectivity index is 1.81. The van der Waals surface area contributed by atoms with Crippen molar-refractivity contribution in [3.05, 3.63) is 60.7 Å². The van der Waals surface area contributed by atoms with Gasteiger partial charge in [0.15, 0.2) is 0 Å². The van der Waals surface area contributed by atoms with E-state index in [0.717, 1.165) is 25.9 Å². The first kappa shape index (κ1) is 16.7. The summed E-state index contributed by atoms with van der Waals surface area (Å²) < 4.78 is 0. The summed E-state index contributed by atoms with van der Waals surface area (Å²) in [5.41, 5.74) is 1.24. The van der Waals surface area contributed by atoms with Crippen molar-refractivity contribution in [3.63, 3.8) is 0 Å². The first-order valence-electron chi connectivity index (χ1n) is 8.83. The summed E-state index contributed by atoms with van der Waals surface area (Å²) >= 11 is 0. The second kappa shape index (κ2) is 7.63. The van der Waals surface area contributed by atoms with Crippen LogP contribution in [0.15, 0.2) is 55.1 Å². The molecule has 126 valence electrons. The van der Waals surface area contributed by atoms with Gasteiger partial charge in [0.25, 0.3) is 0 Å². The van der Waals surface area contributed by atoms with Crippen LogP contribution >= 0.6 is 0 Å². The summed E-state index contributed by atoms with van der Waals surface area (Å²) in [4.78, 5) is 14.6. The van der Waals surface area contributed by atoms with E-state index in [2.05, 4.69) is 66.2 Å². The summed E-state index contributed by atoms with van der Waals surface area (Å²) in [7, 11) is 0. The van der Waals surface area contributed by atoms with E-state index in [-0.39, 0.29) is 11.9 Å². The van der Waals surface area contributed by atoms with E-state index in [9.17, 15) is 4.79 Å². The fourth-order valence-corrected chi connectivity index (χ4v) is 3.81. The van der Waals surface area contributed by atoms with Gasteiger partial charge in [0.05, 0.1) is 6.04 Å². The highest BCUT2D eigenvalue weighted by atomic mass is 16.2. The van der Waals surface area contributed by atoms with E-state index >= 15 is 0 Å². The fourth-order valence-electron chi connectivity index (χ4n) is 3.81. The predicted molar refractivity (Wildman–Crippen MR) is 99.9 cm³/mol. The molecule has 1 fully saturated rings. The molecule has 2 atom stereocenters. The van der Waals surface area contributed by atoms with Gasteiger partial charge in [-0.3, -0.25) is 4.79 Å². The molecule has 1 aliphatic rings. The lowest BCUT2D eigenvalue weighted by Gasteiger charge is -2.32. The van der Waals surface area contributed by atoms with Gasteiger partial charge in [0.2, 0.25) is 5.91 Å². The largest absolute Gasteiger partial charge is 0.333 e. The number of carbonyl (C=O) groups is 1. The second-order valence-electron chi connectivity index (χ2n) is 6.52. The first-order valence-corrected chi connectivity index (χ1v) is 8.83. The molecule has 2 aromatic carbocycles. The molecule has 3 heteroatoms. The highest BCUT2D eigenvalue weighted by Gasteiger charge is 2.34. The summed E-state index contributed by atoms with van der Waals surface area (Å²) in [5.74, 6) is 0.282. The van der Waals surface area contributed by atoms with Crippen LogP contribution in [0.4, 0.5) is 0 Å². The van der Waals surface area contributed by atoms with Crippen molar-refractivity contribution in [2.24, 2.45) is 0 Å². The molecule has 3 nitrogen and oxygen atoms in total. The minimum absolute atomic E-state index is 0.107. The molecule has 0 aliphatic carbocycles. The van der Waals surface area contributed by atoms with Crippen LogP contribution in [0.25, 0.3) is 10.8 Å². The lowest BCUT2D eigenvalue weighted by atomic mass is 9.98. The number of hydrogen-bond acceptors (Lipinski definition) is 2. The molecule has 0 bridgehead atoms. The van der Waals surface area contributed by atoms with Crippen molar-refractivity contribution < 1.29 is 4.79 Å². The van der Waals surface area contributed by atoms with Gasteiger partial charge in [-0.2, -0.15) is 0 Å². The van der Waals surface area contributed by atoms with Crippen LogP contribution in [0.5, 0.6) is 0 Å². The highest BCUT2D eigenvalue weighted by molar-refractivity contribution is 5.87. The topological polar surface area (TPSA) is 32.3 Å². The monoisotopic (exact) mass is 322 g/mol. The summed E-state index contributed by atoms with van der Waals surface area (Å²) in [6.07, 6.45) is 4.50. The van der Waals surface area contributed by atoms with Crippen molar-refractivity contribution in [2.75, 3.05) is 13.1 Å². The van der Waals surface area contributed by atoms with Crippen molar-refractivity contribution in [3.8, 4) is 0 Å². The molecule has 0 aromatic heterocycles. The standard InChI is InChI=1S/C21H26N2O/c1-3-14-22-15-13-18-11-12-21(24)23(18)16(2)19-10-6-8-17-7-4-5-9-20(17)19/h3-10,16,18,22H,1,11-15H2,2H3/t16-,18+/m0/s1. The number of fused-ring (bicyclic) bond motifs is 1. The molecular formula is C21H26N2O. The van der Waals surface area contributed by atoms with E-state index < -0.39 is 0 Å². The van der Waals surface area contributed by atoms with Gasteiger partial charge in [0, 0.05) is 19.0 Å². The van der Waals surface area contributed by atoms with Gasteiger partial charge < -0.3 is 10.2 Å². The fraction of sp³-hybridized carbons (Fsp3) is 0.381. The van der Waals surface area contributed by atoms with Gasteiger partial charge in [-0.05, 0) is 42.6 Å². The number of rotatable bonds is 7. The van der Waals surface area contributed by atoms with Crippen LogP contribution in [0, 0.1) is 0 Å². The van der Waals surface area contributed by atoms with Gasteiger partial charge in [-0.15, -0.1) is 6.58 Å². The third-order valence-corrected chi connectivity index (χ3v) is 5.01. The van der Waals surface area contributed by atoms with Crippen molar-refractivity contribution in [2.45, 2.75) is 38.3 Å². The molecule has 0 unspecified atom stereocenters. The Morgan fingerprint density at radius 3 is 2.92 bits per heavy atom. The number of nitrogens with one attached hydrogen (secondary N) is 1. The molecule has 0 spiro atoms. The summed E-state index contributed by atoms with van der Waals surface area (Å²) in [6, 6.07) is 15.2. The number of nitrogens with zero attached hydrogens (tertiary/aromatic N) is 1. The lowest BCUT2D eigenvalue weighted by molar-refractivity contribution is -0.131. The first-order chi connectivity index (χ1) is 11.7. The molecule has 1 heterocycles. The van der Waals surface area contributed by atoms with E-state index in [1.165, 1.54) is 16.3 Å². The van der Waals surface area contributed by atoms with E-state index in [0.29, 0.717) is 12.5 Å². The third kappa shape index (κ3) is 3.36. The Hall–Kier alpha value is -2.13. The smallest absolute Gasteiger partial charge is 0.223 e. The van der Waals surface area contributed by atoms with Gasteiger partial charge in [-0.25, -0.2) is 0 Å². The predicted octanol–water partition coefficient (Wildman–Crippen LogP) is 4.06. The quantitative estimate of drug-likeness (QED) is 0.616. The molecule has 0 radical (unpaired) electrons. The number of benzene rings is 2. The van der Waals surface area contributed by atoms with Crippen LogP contribution in [-0.4, -0.2) is 29.9 Å². The van der Waals surface area contributed by atoms with E-state index in [1.54, 1.807) is 0 Å². The number of likely N-dealkylation sites (tertiary alicyclic amines) is 1. The van der Waals surface area contributed by atoms with Gasteiger partial charge in [0.1, 0.15) is 0 Å². The summed E-state index contributed by atoms with van der Waals surface area (Å²) in [5, 5.41) is 5.83. The zero-order chi connectivity index (χ0) is 16.9. The number of hydrogen-bond donors (Lipinski definition) is 1. The maximum Gasteiger partial charge on any atom is 0.223 e. The highest BCUT2D eigenvalue weighted by Crippen LogP contribution is 2.34. The number of carbonyl (C=O) groups excluding carboxylic acids is 1. The third-order valence-electron chi connectivity index (χ3n) is 5.01. The van der Waals surface area contributed by atoms with Gasteiger partial charge >= 0.3 is 0 Å². The maximum absolute atomic E-state index is 12.5. The Morgan fingerprint density at radius 2 is 2.08 bits per heavy atom. The molecule has 1 amide bonds. The molecule has 1 N–H and O–H groups in total. The van der Waals surface area contributed by atoms with Crippen molar-refractivity contribution in [1.29, 1.82) is 0 Å². The zero-order valence-corrected chi connectivity index (χ0v) is 14.4. The molecular weight excluding hydrogens is 296 g/mol. The normalized spacial score (nSPS) is 19.0. The molecule has 1 saturated heterocycles. The molecule has 0 saturated carbocycles. The van der Waals surface area contributed by atoms with Crippen molar-refractivity contribution in [1.82, 2.24) is 10.2 Å². The van der Waals surface area contributed by atoms with Crippen LogP contribution in [0.2, 0.25) is 0 Å².